The van der Waals surface area contributed by atoms with E-state index in [4.69, 9.17) is 0 Å². The Labute approximate surface area is 106 Å². The Balaban J connectivity index is 3.19. The largest absolute Gasteiger partial charge is 0.465 e. The molecule has 0 atom stereocenters. The standard InChI is InChI=1S/C11H11BrF2O3/c1-6-3-8(10(15)16-2)7(5-12)4-9(6)17-11(13)14/h3-4,11H,5H2,1-2H3. The number of rotatable bonds is 4. The number of carbonyl (C=O) groups is 1. The van der Waals surface area contributed by atoms with Crippen molar-refractivity contribution in [3.05, 3.63) is 28.8 Å². The van der Waals surface area contributed by atoms with Gasteiger partial charge in [0.2, 0.25) is 0 Å². The minimum Gasteiger partial charge on any atom is -0.465 e. The van der Waals surface area contributed by atoms with Crippen LogP contribution in [0.2, 0.25) is 0 Å². The Bertz CT molecular complexity index is 421. The minimum absolute atomic E-state index is 0.0575. The molecule has 1 aromatic rings. The lowest BCUT2D eigenvalue weighted by atomic mass is 10.0. The highest BCUT2D eigenvalue weighted by Gasteiger charge is 2.16. The van der Waals surface area contributed by atoms with Crippen molar-refractivity contribution in [2.24, 2.45) is 0 Å². The summed E-state index contributed by atoms with van der Waals surface area (Å²) in [4.78, 5) is 11.4. The van der Waals surface area contributed by atoms with E-state index in [2.05, 4.69) is 25.4 Å². The molecule has 0 saturated heterocycles. The summed E-state index contributed by atoms with van der Waals surface area (Å²) >= 11 is 3.18. The Kier molecular flexibility index (Phi) is 4.86. The van der Waals surface area contributed by atoms with Crippen molar-refractivity contribution in [3.8, 4) is 5.75 Å². The number of ether oxygens (including phenoxy) is 2. The quantitative estimate of drug-likeness (QED) is 0.632. The normalized spacial score (nSPS) is 10.5. The van der Waals surface area contributed by atoms with Crippen molar-refractivity contribution < 1.29 is 23.0 Å². The van der Waals surface area contributed by atoms with Crippen LogP contribution in [0.25, 0.3) is 0 Å². The van der Waals surface area contributed by atoms with E-state index in [1.807, 2.05) is 0 Å². The molecule has 0 N–H and O–H groups in total. The van der Waals surface area contributed by atoms with Crippen LogP contribution >= 0.6 is 15.9 Å². The van der Waals surface area contributed by atoms with Crippen molar-refractivity contribution >= 4 is 21.9 Å². The molecule has 17 heavy (non-hydrogen) atoms. The highest BCUT2D eigenvalue weighted by atomic mass is 79.9. The zero-order valence-electron chi connectivity index (χ0n) is 9.30. The second kappa shape index (κ2) is 5.95. The van der Waals surface area contributed by atoms with Gasteiger partial charge in [-0.1, -0.05) is 15.9 Å². The maximum atomic E-state index is 12.1. The van der Waals surface area contributed by atoms with Crippen molar-refractivity contribution in [1.29, 1.82) is 0 Å². The lowest BCUT2D eigenvalue weighted by Crippen LogP contribution is -2.08. The summed E-state index contributed by atoms with van der Waals surface area (Å²) in [6.07, 6.45) is 0. The SMILES string of the molecule is COC(=O)c1cc(C)c(OC(F)F)cc1CBr. The molecule has 0 amide bonds. The molecular weight excluding hydrogens is 298 g/mol. The van der Waals surface area contributed by atoms with E-state index in [9.17, 15) is 13.6 Å². The molecule has 0 aliphatic heterocycles. The monoisotopic (exact) mass is 308 g/mol. The molecule has 3 nitrogen and oxygen atoms in total. The van der Waals surface area contributed by atoms with Gasteiger partial charge < -0.3 is 9.47 Å². The maximum absolute atomic E-state index is 12.1. The third kappa shape index (κ3) is 3.39. The zero-order valence-corrected chi connectivity index (χ0v) is 10.9. The van der Waals surface area contributed by atoms with E-state index in [0.717, 1.165) is 0 Å². The first-order valence-corrected chi connectivity index (χ1v) is 5.84. The molecular formula is C11H11BrF2O3. The summed E-state index contributed by atoms with van der Waals surface area (Å²) < 4.78 is 33.2. The summed E-state index contributed by atoms with van der Waals surface area (Å²) in [5.74, 6) is -0.451. The average molecular weight is 309 g/mol. The second-order valence-corrected chi connectivity index (χ2v) is 3.84. The molecule has 0 radical (unpaired) electrons. The molecule has 0 aliphatic carbocycles. The van der Waals surface area contributed by atoms with Crippen LogP contribution in [-0.4, -0.2) is 19.7 Å². The molecule has 0 bridgehead atoms. The van der Waals surface area contributed by atoms with E-state index in [0.29, 0.717) is 22.0 Å². The summed E-state index contributed by atoms with van der Waals surface area (Å²) in [5, 5.41) is 0.345. The summed E-state index contributed by atoms with van der Waals surface area (Å²) in [6, 6.07) is 2.88. The van der Waals surface area contributed by atoms with Crippen LogP contribution in [0, 0.1) is 6.92 Å². The van der Waals surface area contributed by atoms with Crippen LogP contribution in [0.3, 0.4) is 0 Å². The third-order valence-corrected chi connectivity index (χ3v) is 2.77. The van der Waals surface area contributed by atoms with E-state index in [-0.39, 0.29) is 5.75 Å². The molecule has 1 rings (SSSR count). The van der Waals surface area contributed by atoms with Gasteiger partial charge >= 0.3 is 12.6 Å². The van der Waals surface area contributed by atoms with Gasteiger partial charge in [0.25, 0.3) is 0 Å². The van der Waals surface area contributed by atoms with Crippen molar-refractivity contribution in [2.75, 3.05) is 7.11 Å². The average Bonchev–Trinajstić information content (AvgIpc) is 2.29. The van der Waals surface area contributed by atoms with Gasteiger partial charge in [0.1, 0.15) is 5.75 Å². The van der Waals surface area contributed by atoms with Crippen LogP contribution in [0.1, 0.15) is 21.5 Å². The molecule has 0 spiro atoms. The molecule has 0 unspecified atom stereocenters. The Hall–Kier alpha value is -1.17. The molecule has 0 aromatic heterocycles. The lowest BCUT2D eigenvalue weighted by molar-refractivity contribution is -0.0503. The number of benzene rings is 1. The van der Waals surface area contributed by atoms with Gasteiger partial charge in [-0.3, -0.25) is 0 Å². The van der Waals surface area contributed by atoms with Crippen molar-refractivity contribution in [2.45, 2.75) is 18.9 Å². The van der Waals surface area contributed by atoms with Gasteiger partial charge in [0.05, 0.1) is 12.7 Å². The lowest BCUT2D eigenvalue weighted by Gasteiger charge is -2.12. The number of methoxy groups -OCH3 is 1. The van der Waals surface area contributed by atoms with Gasteiger partial charge in [0.15, 0.2) is 0 Å². The number of carbonyl (C=O) groups excluding carboxylic acids is 1. The van der Waals surface area contributed by atoms with Crippen molar-refractivity contribution in [3.63, 3.8) is 0 Å². The zero-order chi connectivity index (χ0) is 13.0. The van der Waals surface area contributed by atoms with Crippen LogP contribution in [-0.2, 0) is 10.1 Å². The number of hydrogen-bond acceptors (Lipinski definition) is 3. The van der Waals surface area contributed by atoms with Crippen LogP contribution in [0.15, 0.2) is 12.1 Å². The summed E-state index contributed by atoms with van der Waals surface area (Å²) in [6.45, 7) is -1.30. The highest BCUT2D eigenvalue weighted by molar-refractivity contribution is 9.08. The molecule has 0 aliphatic rings. The molecule has 0 heterocycles. The fourth-order valence-corrected chi connectivity index (χ4v) is 1.83. The molecule has 0 fully saturated rings. The second-order valence-electron chi connectivity index (χ2n) is 3.28. The molecule has 1 aromatic carbocycles. The maximum Gasteiger partial charge on any atom is 0.387 e. The number of halogens is 3. The Morgan fingerprint density at radius 2 is 2.12 bits per heavy atom. The van der Waals surface area contributed by atoms with Crippen molar-refractivity contribution in [1.82, 2.24) is 0 Å². The molecule has 0 saturated carbocycles. The summed E-state index contributed by atoms with van der Waals surface area (Å²) in [7, 11) is 1.26. The van der Waals surface area contributed by atoms with E-state index < -0.39 is 12.6 Å². The number of aryl methyl sites for hydroxylation is 1. The smallest absolute Gasteiger partial charge is 0.387 e. The predicted molar refractivity (Wildman–Crippen MR) is 61.8 cm³/mol. The molecule has 94 valence electrons. The van der Waals surface area contributed by atoms with Gasteiger partial charge in [-0.25, -0.2) is 4.79 Å². The Morgan fingerprint density at radius 3 is 2.59 bits per heavy atom. The first-order valence-electron chi connectivity index (χ1n) is 4.72. The Morgan fingerprint density at radius 1 is 1.47 bits per heavy atom. The first-order chi connectivity index (χ1) is 7.99. The number of alkyl halides is 3. The predicted octanol–water partition coefficient (Wildman–Crippen LogP) is 3.28. The number of esters is 1. The fraction of sp³-hybridized carbons (Fsp3) is 0.364. The van der Waals surface area contributed by atoms with E-state index in [1.165, 1.54) is 19.2 Å². The highest BCUT2D eigenvalue weighted by Crippen LogP contribution is 2.26. The van der Waals surface area contributed by atoms with Gasteiger partial charge in [-0.05, 0) is 30.2 Å². The topological polar surface area (TPSA) is 35.5 Å². The third-order valence-electron chi connectivity index (χ3n) is 2.17. The molecule has 6 heteroatoms. The van der Waals surface area contributed by atoms with Gasteiger partial charge in [-0.2, -0.15) is 8.78 Å². The summed E-state index contributed by atoms with van der Waals surface area (Å²) in [5.41, 5.74) is 1.33. The van der Waals surface area contributed by atoms with Crippen LogP contribution in [0.5, 0.6) is 5.75 Å². The van der Waals surface area contributed by atoms with E-state index in [1.54, 1.807) is 6.92 Å². The fourth-order valence-electron chi connectivity index (χ4n) is 1.36. The van der Waals surface area contributed by atoms with Crippen LogP contribution < -0.4 is 4.74 Å². The first kappa shape index (κ1) is 13.9. The minimum atomic E-state index is -2.89. The number of hydrogen-bond donors (Lipinski definition) is 0. The van der Waals surface area contributed by atoms with Crippen LogP contribution in [0.4, 0.5) is 8.78 Å². The van der Waals surface area contributed by atoms with Gasteiger partial charge in [0, 0.05) is 5.33 Å². The van der Waals surface area contributed by atoms with E-state index >= 15 is 0 Å². The van der Waals surface area contributed by atoms with Gasteiger partial charge in [-0.15, -0.1) is 0 Å².